The number of amides is 2. The summed E-state index contributed by atoms with van der Waals surface area (Å²) >= 11 is 0. The first-order valence-corrected chi connectivity index (χ1v) is 15.5. The first kappa shape index (κ1) is 38.3. The third kappa shape index (κ3) is 12.5. The lowest BCUT2D eigenvalue weighted by Crippen LogP contribution is -2.42. The van der Waals surface area contributed by atoms with Crippen molar-refractivity contribution in [2.24, 2.45) is 0 Å². The number of quaternary nitrogens is 1. The van der Waals surface area contributed by atoms with Gasteiger partial charge in [-0.3, -0.25) is 4.79 Å². The summed E-state index contributed by atoms with van der Waals surface area (Å²) in [6.45, 7) is 1.76. The average Bonchev–Trinajstić information content (AvgIpc) is 3.35. The molecular weight excluding hydrogens is 647 g/mol. The van der Waals surface area contributed by atoms with Gasteiger partial charge in [0.15, 0.2) is 0 Å². The fourth-order valence-electron chi connectivity index (χ4n) is 5.10. The van der Waals surface area contributed by atoms with E-state index in [9.17, 15) is 32.7 Å². The molecule has 0 heterocycles. The first-order chi connectivity index (χ1) is 23.0. The molecule has 2 amide bonds. The molecular formula is C35H40F3N3O8. The molecule has 0 unspecified atom stereocenters. The third-order valence-electron chi connectivity index (χ3n) is 7.45. The molecule has 14 heteroatoms. The summed E-state index contributed by atoms with van der Waals surface area (Å²) in [6.07, 6.45) is -4.57. The zero-order chi connectivity index (χ0) is 36.2. The fraction of sp³-hybridized carbons (Fsp3) is 0.371. The number of carboxylic acid groups (broad SMARTS) is 2. The van der Waals surface area contributed by atoms with E-state index < -0.39 is 30.2 Å². The number of carboxylic acids is 2. The van der Waals surface area contributed by atoms with E-state index >= 15 is 0 Å². The number of alkyl carbamates (subject to hydrolysis) is 1. The molecule has 3 aromatic rings. The molecule has 0 spiro atoms. The van der Waals surface area contributed by atoms with Gasteiger partial charge in [-0.1, -0.05) is 60.7 Å². The van der Waals surface area contributed by atoms with Crippen LogP contribution in [0.25, 0.3) is 11.1 Å². The molecule has 0 aliphatic heterocycles. The molecule has 1 aliphatic carbocycles. The molecule has 0 bridgehead atoms. The summed E-state index contributed by atoms with van der Waals surface area (Å²) in [6, 6.07) is 21.9. The number of alkyl halides is 3. The lowest BCUT2D eigenvalue weighted by atomic mass is 9.98. The van der Waals surface area contributed by atoms with Crippen molar-refractivity contribution in [1.82, 2.24) is 10.6 Å². The molecule has 4 rings (SSSR count). The van der Waals surface area contributed by atoms with Gasteiger partial charge in [-0.25, -0.2) is 9.59 Å². The van der Waals surface area contributed by atoms with Crippen molar-refractivity contribution < 1.29 is 56.5 Å². The molecule has 0 saturated heterocycles. The Morgan fingerprint density at radius 2 is 1.47 bits per heavy atom. The molecule has 1 aliphatic rings. The van der Waals surface area contributed by atoms with Crippen molar-refractivity contribution in [2.75, 3.05) is 47.4 Å². The van der Waals surface area contributed by atoms with E-state index in [4.69, 9.17) is 19.4 Å². The number of aliphatic carboxylic acids is 2. The van der Waals surface area contributed by atoms with Gasteiger partial charge in [-0.2, -0.15) is 13.2 Å². The van der Waals surface area contributed by atoms with Crippen LogP contribution < -0.4 is 20.5 Å². The Kier molecular flexibility index (Phi) is 13.6. The van der Waals surface area contributed by atoms with E-state index in [-0.39, 0.29) is 24.9 Å². The van der Waals surface area contributed by atoms with Crippen LogP contribution >= 0.6 is 0 Å². The van der Waals surface area contributed by atoms with Crippen LogP contribution in [0.5, 0.6) is 5.75 Å². The van der Waals surface area contributed by atoms with Crippen LogP contribution in [0.1, 0.15) is 35.4 Å². The van der Waals surface area contributed by atoms with Gasteiger partial charge < -0.3 is 39.6 Å². The Bertz CT molecular complexity index is 1540. The summed E-state index contributed by atoms with van der Waals surface area (Å²) in [5, 5.41) is 23.9. The van der Waals surface area contributed by atoms with Gasteiger partial charge in [0.1, 0.15) is 31.0 Å². The van der Waals surface area contributed by atoms with Gasteiger partial charge in [0.25, 0.3) is 0 Å². The number of hydrogen-bond donors (Lipinski definition) is 3. The quantitative estimate of drug-likeness (QED) is 0.172. The number of carbonyl (C=O) groups is 4. The topological polar surface area (TPSA) is 154 Å². The normalized spacial score (nSPS) is 12.8. The van der Waals surface area contributed by atoms with Crippen molar-refractivity contribution in [3.63, 3.8) is 0 Å². The molecule has 49 heavy (non-hydrogen) atoms. The number of ether oxygens (including phenoxy) is 2. The zero-order valence-corrected chi connectivity index (χ0v) is 27.4. The molecule has 11 nitrogen and oxygen atoms in total. The summed E-state index contributed by atoms with van der Waals surface area (Å²) in [7, 11) is 6.29. The maximum atomic E-state index is 12.6. The van der Waals surface area contributed by atoms with Crippen molar-refractivity contribution in [3.8, 4) is 16.9 Å². The molecule has 264 valence electrons. The Morgan fingerprint density at radius 1 is 0.918 bits per heavy atom. The van der Waals surface area contributed by atoms with Crippen LogP contribution in [0.2, 0.25) is 0 Å². The standard InChI is InChI=1S/C33H39N3O6.C2HF3O2/c1-36(2,3)19-8-13-31(37)34-18-20-41-24-16-14-23(15-17-24)21-30(32(38)39)35-33(40)42-22-29-27-11-6-4-9-25(27)26-10-5-7-12-28(26)29;3-2(4,5)1(6)7/h4-7,9-12,14-17,29-30H,8,13,18-22H2,1-3H3,(H2-,34,35,37,38,39,40);(H,6,7)/t30-;/m0./s1. The number of halogens is 3. The van der Waals surface area contributed by atoms with E-state index in [0.29, 0.717) is 25.3 Å². The molecule has 0 aromatic heterocycles. The fourth-order valence-corrected chi connectivity index (χ4v) is 5.10. The van der Waals surface area contributed by atoms with E-state index in [1.54, 1.807) is 24.3 Å². The number of fused-ring (bicyclic) bond motifs is 3. The molecule has 3 aromatic carbocycles. The van der Waals surface area contributed by atoms with E-state index in [1.807, 2.05) is 36.4 Å². The van der Waals surface area contributed by atoms with Crippen LogP contribution in [-0.2, 0) is 25.5 Å². The van der Waals surface area contributed by atoms with E-state index in [2.05, 4.69) is 43.9 Å². The second kappa shape index (κ2) is 17.3. The largest absolute Gasteiger partial charge is 0.542 e. The van der Waals surface area contributed by atoms with E-state index in [1.165, 1.54) is 0 Å². The SMILES string of the molecule is C[N+](C)(C)CCCC(=O)NCCOc1ccc(C[C@H](NC(=O)OCC2c3ccccc3-c3ccccc32)C(=O)O)cc1.O=C([O-])C(F)(F)F. The van der Waals surface area contributed by atoms with Crippen LogP contribution in [0.4, 0.5) is 18.0 Å². The number of benzene rings is 3. The summed E-state index contributed by atoms with van der Waals surface area (Å²) in [4.78, 5) is 45.3. The maximum absolute atomic E-state index is 12.6. The summed E-state index contributed by atoms with van der Waals surface area (Å²) in [5.74, 6) is -3.66. The minimum absolute atomic E-state index is 0.00557. The Balaban J connectivity index is 0.000000838. The Hall–Kier alpha value is -5.11. The Morgan fingerprint density at radius 3 is 1.98 bits per heavy atom. The summed E-state index contributed by atoms with van der Waals surface area (Å²) < 4.78 is 43.6. The maximum Gasteiger partial charge on any atom is 0.430 e. The van der Waals surface area contributed by atoms with Crippen molar-refractivity contribution in [2.45, 2.75) is 37.4 Å². The monoisotopic (exact) mass is 687 g/mol. The minimum atomic E-state index is -5.19. The Labute approximate surface area is 282 Å². The number of carbonyl (C=O) groups excluding carboxylic acids is 3. The highest BCUT2D eigenvalue weighted by Crippen LogP contribution is 2.44. The molecule has 0 fully saturated rings. The highest BCUT2D eigenvalue weighted by Gasteiger charge is 2.30. The average molecular weight is 688 g/mol. The van der Waals surface area contributed by atoms with Gasteiger partial charge in [0, 0.05) is 25.2 Å². The van der Waals surface area contributed by atoms with Gasteiger partial charge in [-0.05, 0) is 39.9 Å². The van der Waals surface area contributed by atoms with Gasteiger partial charge >= 0.3 is 18.2 Å². The zero-order valence-electron chi connectivity index (χ0n) is 27.4. The third-order valence-corrected chi connectivity index (χ3v) is 7.45. The second-order valence-electron chi connectivity index (χ2n) is 12.3. The van der Waals surface area contributed by atoms with Crippen molar-refractivity contribution in [1.29, 1.82) is 0 Å². The molecule has 0 radical (unpaired) electrons. The van der Waals surface area contributed by atoms with Crippen LogP contribution in [0.3, 0.4) is 0 Å². The van der Waals surface area contributed by atoms with Gasteiger partial charge in [0.05, 0.1) is 34.2 Å². The van der Waals surface area contributed by atoms with Crippen molar-refractivity contribution >= 4 is 23.9 Å². The summed E-state index contributed by atoms with van der Waals surface area (Å²) in [5.41, 5.74) is 5.13. The van der Waals surface area contributed by atoms with Crippen molar-refractivity contribution in [3.05, 3.63) is 89.5 Å². The van der Waals surface area contributed by atoms with Gasteiger partial charge in [0.2, 0.25) is 5.91 Å². The minimum Gasteiger partial charge on any atom is -0.542 e. The van der Waals surface area contributed by atoms with Crippen LogP contribution in [-0.4, -0.2) is 93.2 Å². The van der Waals surface area contributed by atoms with Gasteiger partial charge in [-0.15, -0.1) is 0 Å². The predicted octanol–water partition coefficient (Wildman–Crippen LogP) is 3.50. The number of rotatable bonds is 14. The van der Waals surface area contributed by atoms with Crippen LogP contribution in [0, 0.1) is 0 Å². The van der Waals surface area contributed by atoms with Crippen LogP contribution in [0.15, 0.2) is 72.8 Å². The number of hydrogen-bond acceptors (Lipinski definition) is 7. The molecule has 0 saturated carbocycles. The molecule has 3 N–H and O–H groups in total. The lowest BCUT2D eigenvalue weighted by Gasteiger charge is -2.23. The van der Waals surface area contributed by atoms with E-state index in [0.717, 1.165) is 45.3 Å². The highest BCUT2D eigenvalue weighted by molar-refractivity contribution is 5.81. The number of nitrogens with zero attached hydrogens (tertiary/aromatic N) is 1. The number of nitrogens with one attached hydrogen (secondary N) is 2. The molecule has 1 atom stereocenters. The highest BCUT2D eigenvalue weighted by atomic mass is 19.4. The lowest BCUT2D eigenvalue weighted by molar-refractivity contribution is -0.870. The second-order valence-corrected chi connectivity index (χ2v) is 12.3. The predicted molar refractivity (Wildman–Crippen MR) is 171 cm³/mol. The smallest absolute Gasteiger partial charge is 0.430 e. The first-order valence-electron chi connectivity index (χ1n) is 15.5.